The van der Waals surface area contributed by atoms with Crippen LogP contribution >= 0.6 is 23.3 Å². The van der Waals surface area contributed by atoms with E-state index in [0.717, 1.165) is 45.5 Å². The Hall–Kier alpha value is -1.63. The van der Waals surface area contributed by atoms with Gasteiger partial charge in [0.05, 0.1) is 16.0 Å². The van der Waals surface area contributed by atoms with E-state index in [2.05, 4.69) is 42.2 Å². The summed E-state index contributed by atoms with van der Waals surface area (Å²) in [4.78, 5) is 4.72. The molecule has 1 aromatic carbocycles. The Morgan fingerprint density at radius 1 is 1.39 bits per heavy atom. The van der Waals surface area contributed by atoms with Crippen molar-refractivity contribution in [3.63, 3.8) is 0 Å². The van der Waals surface area contributed by atoms with Crippen LogP contribution < -0.4 is 5.32 Å². The molecule has 0 bridgehead atoms. The topological polar surface area (TPSA) is 28.2 Å². The van der Waals surface area contributed by atoms with Gasteiger partial charge in [-0.1, -0.05) is 50.1 Å². The van der Waals surface area contributed by atoms with Gasteiger partial charge >= 0.3 is 0 Å². The van der Waals surface area contributed by atoms with Crippen molar-refractivity contribution in [2.24, 2.45) is 0 Å². The minimum absolute atomic E-state index is 0.187. The molecule has 1 aliphatic rings. The van der Waals surface area contributed by atoms with Gasteiger partial charge in [0, 0.05) is 24.7 Å². The summed E-state index contributed by atoms with van der Waals surface area (Å²) in [6.45, 7) is 13.8. The molecule has 0 radical (unpaired) electrons. The van der Waals surface area contributed by atoms with Crippen LogP contribution in [-0.4, -0.2) is 27.1 Å². The van der Waals surface area contributed by atoms with Crippen molar-refractivity contribution in [3.05, 3.63) is 70.3 Å². The fraction of sp³-hybridized carbons (Fsp3) is 0.480. The second-order valence-electron chi connectivity index (χ2n) is 8.24. The molecule has 168 valence electrons. The first-order valence-electron chi connectivity index (χ1n) is 11.1. The number of benzene rings is 1. The van der Waals surface area contributed by atoms with Gasteiger partial charge in [0.15, 0.2) is 0 Å². The highest BCUT2D eigenvalue weighted by molar-refractivity contribution is 7.97. The molecule has 0 amide bonds. The lowest BCUT2D eigenvalue weighted by atomic mass is 10.1. The number of anilines is 1. The van der Waals surface area contributed by atoms with Crippen LogP contribution in [0.4, 0.5) is 9.39 Å². The summed E-state index contributed by atoms with van der Waals surface area (Å²) in [5.74, 6) is -0.187. The van der Waals surface area contributed by atoms with Crippen molar-refractivity contribution in [1.82, 2.24) is 9.29 Å². The normalized spacial score (nSPS) is 18.4. The van der Waals surface area contributed by atoms with Gasteiger partial charge in [0.25, 0.3) is 0 Å². The standard InChI is InChI=1S/C25H34FN3S2/c1-6-9-22(10-7-2)29-12-8-11-23(31-29)18(4)28-25-19(5)27-24(30-25)16-20-13-17(3)14-21(26)15-20/h6,9,13-15,22-23,28H,4,7-8,10-12,16H2,1-3,5H3/b9-6-. The van der Waals surface area contributed by atoms with Crippen molar-refractivity contribution in [1.29, 1.82) is 0 Å². The van der Waals surface area contributed by atoms with Crippen molar-refractivity contribution < 1.29 is 4.39 Å². The van der Waals surface area contributed by atoms with Gasteiger partial charge in [-0.25, -0.2) is 13.7 Å². The Bertz CT molecular complexity index is 901. The Morgan fingerprint density at radius 3 is 2.90 bits per heavy atom. The first kappa shape index (κ1) is 24.0. The summed E-state index contributed by atoms with van der Waals surface area (Å²) >= 11 is 3.57. The van der Waals surface area contributed by atoms with Gasteiger partial charge < -0.3 is 5.32 Å². The number of hydrogen-bond acceptors (Lipinski definition) is 5. The molecule has 1 saturated heterocycles. The minimum atomic E-state index is -0.187. The van der Waals surface area contributed by atoms with Gasteiger partial charge in [-0.2, -0.15) is 0 Å². The third-order valence-electron chi connectivity index (χ3n) is 5.44. The first-order chi connectivity index (χ1) is 14.9. The zero-order valence-corrected chi connectivity index (χ0v) is 20.7. The lowest BCUT2D eigenvalue weighted by molar-refractivity contribution is 0.358. The predicted octanol–water partition coefficient (Wildman–Crippen LogP) is 7.27. The highest BCUT2D eigenvalue weighted by atomic mass is 32.2. The maximum atomic E-state index is 13.7. The Kier molecular flexibility index (Phi) is 8.76. The van der Waals surface area contributed by atoms with Crippen LogP contribution in [0.1, 0.15) is 61.4 Å². The van der Waals surface area contributed by atoms with Crippen LogP contribution in [0.3, 0.4) is 0 Å². The molecule has 1 N–H and O–H groups in total. The van der Waals surface area contributed by atoms with Crippen LogP contribution in [0.2, 0.25) is 0 Å². The van der Waals surface area contributed by atoms with E-state index in [1.54, 1.807) is 23.5 Å². The number of aryl methyl sites for hydroxylation is 2. The predicted molar refractivity (Wildman–Crippen MR) is 134 cm³/mol. The van der Waals surface area contributed by atoms with E-state index in [0.29, 0.717) is 17.7 Å². The third kappa shape index (κ3) is 6.67. The smallest absolute Gasteiger partial charge is 0.123 e. The molecule has 2 unspecified atom stereocenters. The second-order valence-corrected chi connectivity index (χ2v) is 10.6. The van der Waals surface area contributed by atoms with E-state index in [1.807, 2.05) is 31.9 Å². The third-order valence-corrected chi connectivity index (χ3v) is 8.01. The second kappa shape index (κ2) is 11.3. The number of allylic oxidation sites excluding steroid dienone is 1. The van der Waals surface area contributed by atoms with E-state index in [-0.39, 0.29) is 5.82 Å². The van der Waals surface area contributed by atoms with E-state index in [4.69, 9.17) is 4.98 Å². The molecule has 0 spiro atoms. The van der Waals surface area contributed by atoms with E-state index >= 15 is 0 Å². The van der Waals surface area contributed by atoms with Gasteiger partial charge in [-0.05, 0) is 63.3 Å². The molecule has 0 saturated carbocycles. The van der Waals surface area contributed by atoms with Crippen LogP contribution in [0.15, 0.2) is 42.6 Å². The number of thiazole rings is 1. The Morgan fingerprint density at radius 2 is 2.19 bits per heavy atom. The van der Waals surface area contributed by atoms with Crippen molar-refractivity contribution >= 4 is 28.3 Å². The number of nitrogens with zero attached hydrogens (tertiary/aromatic N) is 2. The molecule has 1 aliphatic heterocycles. The number of nitrogens with one attached hydrogen (secondary N) is 1. The average molecular weight is 460 g/mol. The molecule has 3 nitrogen and oxygen atoms in total. The summed E-state index contributed by atoms with van der Waals surface area (Å²) in [5.41, 5.74) is 3.92. The van der Waals surface area contributed by atoms with Crippen LogP contribution in [0.25, 0.3) is 0 Å². The van der Waals surface area contributed by atoms with Crippen LogP contribution in [0.5, 0.6) is 0 Å². The zero-order chi connectivity index (χ0) is 22.4. The number of hydrogen-bond donors (Lipinski definition) is 1. The molecule has 31 heavy (non-hydrogen) atoms. The first-order valence-corrected chi connectivity index (χ1v) is 12.8. The molecule has 2 aromatic rings. The van der Waals surface area contributed by atoms with Gasteiger partial charge in [-0.15, -0.1) is 11.3 Å². The molecular formula is C25H34FN3S2. The summed E-state index contributed by atoms with van der Waals surface area (Å²) in [6, 6.07) is 5.67. The summed E-state index contributed by atoms with van der Waals surface area (Å²) < 4.78 is 16.3. The average Bonchev–Trinajstić information content (AvgIpc) is 3.05. The molecule has 1 aromatic heterocycles. The molecule has 2 atom stereocenters. The Labute approximate surface area is 195 Å². The van der Waals surface area contributed by atoms with E-state index in [1.165, 1.54) is 19.3 Å². The highest BCUT2D eigenvalue weighted by Crippen LogP contribution is 2.36. The monoisotopic (exact) mass is 459 g/mol. The summed E-state index contributed by atoms with van der Waals surface area (Å²) in [6.07, 6.45) is 9.82. The fourth-order valence-electron chi connectivity index (χ4n) is 4.00. The minimum Gasteiger partial charge on any atom is -0.349 e. The van der Waals surface area contributed by atoms with Crippen LogP contribution in [-0.2, 0) is 6.42 Å². The number of halogens is 1. The molecular weight excluding hydrogens is 425 g/mol. The lowest BCUT2D eigenvalue weighted by Gasteiger charge is -2.36. The fourth-order valence-corrected chi connectivity index (χ4v) is 6.38. The van der Waals surface area contributed by atoms with Gasteiger partial charge in [0.1, 0.15) is 10.8 Å². The molecule has 2 heterocycles. The van der Waals surface area contributed by atoms with Crippen LogP contribution in [0, 0.1) is 19.7 Å². The largest absolute Gasteiger partial charge is 0.349 e. The summed E-state index contributed by atoms with van der Waals surface area (Å²) in [7, 11) is 0. The number of rotatable bonds is 9. The molecule has 3 rings (SSSR count). The number of aromatic nitrogens is 1. The van der Waals surface area contributed by atoms with Crippen molar-refractivity contribution in [2.45, 2.75) is 71.1 Å². The zero-order valence-electron chi connectivity index (χ0n) is 19.1. The SMILES string of the molecule is C=C(Nc1sc(Cc2cc(C)cc(F)c2)nc1C)C1CCCN(C(/C=C\C)CCC)S1. The maximum Gasteiger partial charge on any atom is 0.123 e. The van der Waals surface area contributed by atoms with E-state index in [9.17, 15) is 4.39 Å². The van der Waals surface area contributed by atoms with Crippen molar-refractivity contribution in [3.8, 4) is 0 Å². The highest BCUT2D eigenvalue weighted by Gasteiger charge is 2.27. The Balaban J connectivity index is 1.64. The molecule has 0 aliphatic carbocycles. The maximum absolute atomic E-state index is 13.7. The van der Waals surface area contributed by atoms with E-state index < -0.39 is 0 Å². The molecule has 1 fully saturated rings. The van der Waals surface area contributed by atoms with Crippen molar-refractivity contribution in [2.75, 3.05) is 11.9 Å². The summed E-state index contributed by atoms with van der Waals surface area (Å²) in [5, 5.41) is 5.95. The quantitative estimate of drug-likeness (QED) is 0.315. The van der Waals surface area contributed by atoms with Gasteiger partial charge in [-0.3, -0.25) is 0 Å². The van der Waals surface area contributed by atoms with Gasteiger partial charge in [0.2, 0.25) is 0 Å². The lowest BCUT2D eigenvalue weighted by Crippen LogP contribution is -2.36. The molecule has 6 heteroatoms.